The zero-order valence-electron chi connectivity index (χ0n) is 14.1. The van der Waals surface area contributed by atoms with Gasteiger partial charge in [-0.05, 0) is 24.1 Å². The summed E-state index contributed by atoms with van der Waals surface area (Å²) in [4.78, 5) is 17.3. The van der Waals surface area contributed by atoms with Gasteiger partial charge < -0.3 is 20.3 Å². The van der Waals surface area contributed by atoms with Gasteiger partial charge >= 0.3 is 0 Å². The average Bonchev–Trinajstić information content (AvgIpc) is 3.00. The smallest absolute Gasteiger partial charge is 0.232 e. The Morgan fingerprint density at radius 1 is 1.50 bits per heavy atom. The van der Waals surface area contributed by atoms with Crippen molar-refractivity contribution >= 4 is 22.4 Å². The van der Waals surface area contributed by atoms with Gasteiger partial charge in [-0.3, -0.25) is 4.79 Å². The number of H-pyrrole nitrogens is 1. The lowest BCUT2D eigenvalue weighted by Crippen LogP contribution is -3.15. The molecule has 1 aliphatic heterocycles. The molecule has 0 bridgehead atoms. The van der Waals surface area contributed by atoms with Gasteiger partial charge in [-0.25, -0.2) is 0 Å². The number of quaternary nitrogens is 1. The van der Waals surface area contributed by atoms with E-state index in [2.05, 4.69) is 47.8 Å². The van der Waals surface area contributed by atoms with E-state index in [0.717, 1.165) is 13.0 Å². The normalized spacial score (nSPS) is 26.6. The molecule has 1 unspecified atom stereocenters. The molecule has 2 aromatic rings. The minimum Gasteiger partial charge on any atom is -0.394 e. The molecule has 5 nitrogen and oxygen atoms in total. The highest BCUT2D eigenvalue weighted by molar-refractivity contribution is 5.98. The molecular formula is C19H24N3O2+. The summed E-state index contributed by atoms with van der Waals surface area (Å²) in [6, 6.07) is 6.55. The number of benzene rings is 1. The molecule has 2 aliphatic rings. The topological polar surface area (TPSA) is 69.6 Å². The third kappa shape index (κ3) is 2.36. The van der Waals surface area contributed by atoms with Crippen molar-refractivity contribution in [3.05, 3.63) is 41.6 Å². The minimum atomic E-state index is -0.208. The van der Waals surface area contributed by atoms with Crippen molar-refractivity contribution in [3.63, 3.8) is 0 Å². The Morgan fingerprint density at radius 2 is 2.33 bits per heavy atom. The molecule has 4 atom stereocenters. The standard InChI is InChI=1S/C19H23N3O2/c1-11(10-23)21-19(24)13-6-15-14-4-3-5-16-18(14)12(8-20-16)7-17(15)22(2)9-13/h3-6,8,11,13,17,20,23H,7,9-10H2,1-2H3,(H,21,24)/p+1/t11-,13-,17+/m0/s1. The summed E-state index contributed by atoms with van der Waals surface area (Å²) >= 11 is 0. The number of aromatic nitrogens is 1. The number of rotatable bonds is 3. The second-order valence-corrected chi connectivity index (χ2v) is 7.17. The van der Waals surface area contributed by atoms with Gasteiger partial charge in [0, 0.05) is 35.1 Å². The van der Waals surface area contributed by atoms with E-state index in [1.54, 1.807) is 0 Å². The second-order valence-electron chi connectivity index (χ2n) is 7.17. The van der Waals surface area contributed by atoms with E-state index in [9.17, 15) is 4.79 Å². The minimum absolute atomic E-state index is 0.00823. The Kier molecular flexibility index (Phi) is 3.70. The first-order chi connectivity index (χ1) is 11.6. The number of amides is 1. The van der Waals surface area contributed by atoms with Crippen LogP contribution in [0.3, 0.4) is 0 Å². The summed E-state index contributed by atoms with van der Waals surface area (Å²) < 4.78 is 0. The van der Waals surface area contributed by atoms with Gasteiger partial charge in [-0.1, -0.05) is 18.2 Å². The molecule has 0 spiro atoms. The summed E-state index contributed by atoms with van der Waals surface area (Å²) in [5, 5.41) is 13.4. The number of hydrogen-bond donors (Lipinski definition) is 4. The fraction of sp³-hybridized carbons (Fsp3) is 0.421. The molecule has 1 aliphatic carbocycles. The molecule has 126 valence electrons. The molecule has 1 amide bonds. The number of aliphatic hydroxyl groups excluding tert-OH is 1. The molecule has 4 rings (SSSR count). The second kappa shape index (κ2) is 5.76. The third-order valence-corrected chi connectivity index (χ3v) is 5.41. The fourth-order valence-corrected chi connectivity index (χ4v) is 4.15. The third-order valence-electron chi connectivity index (χ3n) is 5.41. The van der Waals surface area contributed by atoms with Crippen molar-refractivity contribution in [3.8, 4) is 0 Å². The van der Waals surface area contributed by atoms with Crippen LogP contribution >= 0.6 is 0 Å². The number of likely N-dealkylation sites (N-methyl/N-ethyl adjacent to an activating group) is 1. The van der Waals surface area contributed by atoms with E-state index in [4.69, 9.17) is 5.11 Å². The monoisotopic (exact) mass is 326 g/mol. The van der Waals surface area contributed by atoms with Gasteiger partial charge in [0.05, 0.1) is 20.2 Å². The van der Waals surface area contributed by atoms with Crippen LogP contribution in [0.25, 0.3) is 16.5 Å². The van der Waals surface area contributed by atoms with Crippen LogP contribution in [-0.4, -0.2) is 48.3 Å². The SMILES string of the molecule is C[C@@H](CO)NC(=O)[C@H]1C=C2c3cccc4[nH]cc(c34)C[C@H]2[NH+](C)C1. The molecule has 0 saturated carbocycles. The van der Waals surface area contributed by atoms with Crippen molar-refractivity contribution in [1.29, 1.82) is 0 Å². The van der Waals surface area contributed by atoms with E-state index in [1.807, 2.05) is 6.92 Å². The van der Waals surface area contributed by atoms with Gasteiger partial charge in [0.25, 0.3) is 0 Å². The van der Waals surface area contributed by atoms with Gasteiger partial charge in [-0.15, -0.1) is 0 Å². The highest BCUT2D eigenvalue weighted by Gasteiger charge is 2.38. The maximum Gasteiger partial charge on any atom is 0.232 e. The Bertz CT molecular complexity index is 823. The van der Waals surface area contributed by atoms with Gasteiger partial charge in [0.2, 0.25) is 5.91 Å². The summed E-state index contributed by atoms with van der Waals surface area (Å²) in [6.45, 7) is 2.57. The lowest BCUT2D eigenvalue weighted by atomic mass is 9.80. The Hall–Kier alpha value is -2.11. The van der Waals surface area contributed by atoms with Crippen molar-refractivity contribution in [2.45, 2.75) is 25.4 Å². The summed E-state index contributed by atoms with van der Waals surface area (Å²) in [6.07, 6.45) is 5.29. The first kappa shape index (κ1) is 15.4. The maximum absolute atomic E-state index is 12.5. The van der Waals surface area contributed by atoms with Gasteiger partial charge in [-0.2, -0.15) is 0 Å². The van der Waals surface area contributed by atoms with Gasteiger partial charge in [0.15, 0.2) is 0 Å². The summed E-state index contributed by atoms with van der Waals surface area (Å²) in [7, 11) is 2.17. The Labute approximate surface area is 141 Å². The number of aliphatic hydroxyl groups is 1. The number of carbonyl (C=O) groups is 1. The zero-order chi connectivity index (χ0) is 16.8. The first-order valence-electron chi connectivity index (χ1n) is 8.63. The maximum atomic E-state index is 12.5. The fourth-order valence-electron chi connectivity index (χ4n) is 4.15. The predicted octanol–water partition coefficient (Wildman–Crippen LogP) is 0.118. The average molecular weight is 326 g/mol. The lowest BCUT2D eigenvalue weighted by Gasteiger charge is -2.36. The molecule has 0 saturated heterocycles. The number of carbonyl (C=O) groups excluding carboxylic acids is 1. The van der Waals surface area contributed by atoms with E-state index in [-0.39, 0.29) is 24.5 Å². The van der Waals surface area contributed by atoms with Crippen LogP contribution in [0.5, 0.6) is 0 Å². The zero-order valence-corrected chi connectivity index (χ0v) is 14.1. The molecular weight excluding hydrogens is 302 g/mol. The number of aromatic amines is 1. The quantitative estimate of drug-likeness (QED) is 0.647. The van der Waals surface area contributed by atoms with Gasteiger partial charge in [0.1, 0.15) is 12.0 Å². The highest BCUT2D eigenvalue weighted by atomic mass is 16.3. The summed E-state index contributed by atoms with van der Waals surface area (Å²) in [5.74, 6) is -0.144. The molecule has 2 heterocycles. The molecule has 5 heteroatoms. The largest absolute Gasteiger partial charge is 0.394 e. The Morgan fingerprint density at radius 3 is 3.12 bits per heavy atom. The van der Waals surface area contributed by atoms with Crippen LogP contribution in [0.15, 0.2) is 30.5 Å². The molecule has 24 heavy (non-hydrogen) atoms. The number of nitrogens with one attached hydrogen (secondary N) is 3. The number of fused-ring (bicyclic) bond motifs is 2. The van der Waals surface area contributed by atoms with Crippen molar-refractivity contribution in [1.82, 2.24) is 10.3 Å². The lowest BCUT2D eigenvalue weighted by molar-refractivity contribution is -0.900. The first-order valence-corrected chi connectivity index (χ1v) is 8.63. The van der Waals surface area contributed by atoms with E-state index < -0.39 is 0 Å². The molecule has 1 aromatic heterocycles. The van der Waals surface area contributed by atoms with E-state index in [1.165, 1.54) is 32.5 Å². The van der Waals surface area contributed by atoms with Crippen molar-refractivity contribution in [2.24, 2.45) is 5.92 Å². The molecule has 1 aromatic carbocycles. The molecule has 0 fully saturated rings. The molecule has 0 radical (unpaired) electrons. The van der Waals surface area contributed by atoms with E-state index >= 15 is 0 Å². The van der Waals surface area contributed by atoms with Crippen LogP contribution in [0, 0.1) is 5.92 Å². The van der Waals surface area contributed by atoms with Crippen LogP contribution in [0.4, 0.5) is 0 Å². The van der Waals surface area contributed by atoms with Crippen LogP contribution < -0.4 is 10.2 Å². The number of hydrogen-bond acceptors (Lipinski definition) is 2. The van der Waals surface area contributed by atoms with Crippen LogP contribution in [-0.2, 0) is 11.2 Å². The Balaban J connectivity index is 1.75. The predicted molar refractivity (Wildman–Crippen MR) is 93.7 cm³/mol. The highest BCUT2D eigenvalue weighted by Crippen LogP contribution is 2.37. The van der Waals surface area contributed by atoms with Crippen LogP contribution in [0.2, 0.25) is 0 Å². The van der Waals surface area contributed by atoms with Crippen LogP contribution in [0.1, 0.15) is 18.1 Å². The van der Waals surface area contributed by atoms with Crippen molar-refractivity contribution < 1.29 is 14.8 Å². The van der Waals surface area contributed by atoms with Crippen molar-refractivity contribution in [2.75, 3.05) is 20.2 Å². The van der Waals surface area contributed by atoms with E-state index in [0.29, 0.717) is 6.04 Å². The summed E-state index contributed by atoms with van der Waals surface area (Å²) in [5.41, 5.74) is 5.08. The molecule has 4 N–H and O–H groups in total.